The van der Waals surface area contributed by atoms with E-state index in [1.165, 1.54) is 12.1 Å². The molecule has 0 bridgehead atoms. The van der Waals surface area contributed by atoms with Gasteiger partial charge in [-0.05, 0) is 12.1 Å². The molecule has 22 heavy (non-hydrogen) atoms. The van der Waals surface area contributed by atoms with E-state index in [1.54, 1.807) is 6.07 Å². The van der Waals surface area contributed by atoms with Crippen LogP contribution >= 0.6 is 0 Å². The summed E-state index contributed by atoms with van der Waals surface area (Å²) in [5.74, 6) is 0.951. The number of hydrogen-bond donors (Lipinski definition) is 2. The van der Waals surface area contributed by atoms with Crippen molar-refractivity contribution in [3.05, 3.63) is 18.2 Å². The maximum atomic E-state index is 12.4. The lowest BCUT2D eigenvalue weighted by molar-refractivity contribution is -0.0588. The summed E-state index contributed by atoms with van der Waals surface area (Å²) in [6.07, 6.45) is 0.827. The van der Waals surface area contributed by atoms with Crippen molar-refractivity contribution in [1.82, 2.24) is 4.72 Å². The average molecular weight is 329 g/mol. The molecule has 0 aliphatic carbocycles. The average Bonchev–Trinajstić information content (AvgIpc) is 2.53. The molecule has 0 atom stereocenters. The van der Waals surface area contributed by atoms with E-state index in [9.17, 15) is 13.5 Å². The van der Waals surface area contributed by atoms with Crippen LogP contribution in [0.1, 0.15) is 12.8 Å². The number of aliphatic hydroxyl groups is 1. The normalized spacial score (nSPS) is 20.6. The minimum atomic E-state index is -3.72. The number of nitrogens with one attached hydrogen (secondary N) is 1. The highest BCUT2D eigenvalue weighted by atomic mass is 32.2. The van der Waals surface area contributed by atoms with Crippen LogP contribution in [0.25, 0.3) is 0 Å². The predicted octanol–water partition coefficient (Wildman–Crippen LogP) is 0.278. The fourth-order valence-electron chi connectivity index (χ4n) is 2.43. The number of rotatable bonds is 4. The van der Waals surface area contributed by atoms with Gasteiger partial charge in [-0.3, -0.25) is 0 Å². The van der Waals surface area contributed by atoms with E-state index in [2.05, 4.69) is 4.72 Å². The number of ether oxygens (including phenoxy) is 3. The van der Waals surface area contributed by atoms with Crippen molar-refractivity contribution in [1.29, 1.82) is 0 Å². The molecule has 0 radical (unpaired) electrons. The summed E-state index contributed by atoms with van der Waals surface area (Å²) in [5.41, 5.74) is -1.06. The molecular formula is C14H19NO6S. The van der Waals surface area contributed by atoms with Crippen LogP contribution in [0.4, 0.5) is 0 Å². The van der Waals surface area contributed by atoms with Gasteiger partial charge >= 0.3 is 0 Å². The molecule has 2 aliphatic heterocycles. The fourth-order valence-corrected chi connectivity index (χ4v) is 3.57. The second kappa shape index (κ2) is 6.04. The van der Waals surface area contributed by atoms with Crippen LogP contribution in [0, 0.1) is 0 Å². The minimum Gasteiger partial charge on any atom is -0.486 e. The first kappa shape index (κ1) is 15.5. The molecule has 2 N–H and O–H groups in total. The summed E-state index contributed by atoms with van der Waals surface area (Å²) in [7, 11) is -3.72. The zero-order valence-corrected chi connectivity index (χ0v) is 12.9. The summed E-state index contributed by atoms with van der Waals surface area (Å²) in [4.78, 5) is 0.0902. The Hall–Kier alpha value is -1.35. The van der Waals surface area contributed by atoms with Crippen LogP contribution in [0.2, 0.25) is 0 Å². The molecule has 1 aromatic rings. The summed E-state index contributed by atoms with van der Waals surface area (Å²) in [5, 5.41) is 10.3. The quantitative estimate of drug-likeness (QED) is 0.824. The van der Waals surface area contributed by atoms with Gasteiger partial charge in [0.2, 0.25) is 10.0 Å². The van der Waals surface area contributed by atoms with E-state index >= 15 is 0 Å². The van der Waals surface area contributed by atoms with E-state index in [0.717, 1.165) is 0 Å². The number of hydrogen-bond acceptors (Lipinski definition) is 6. The van der Waals surface area contributed by atoms with Crippen molar-refractivity contribution in [2.24, 2.45) is 0 Å². The SMILES string of the molecule is O=S(=O)(NCC1(O)CCOCC1)c1ccc2c(c1)OCCO2. The van der Waals surface area contributed by atoms with Gasteiger partial charge in [0.25, 0.3) is 0 Å². The van der Waals surface area contributed by atoms with Gasteiger partial charge in [0.1, 0.15) is 13.2 Å². The summed E-state index contributed by atoms with van der Waals surface area (Å²) in [6.45, 7) is 1.67. The van der Waals surface area contributed by atoms with Crippen LogP contribution < -0.4 is 14.2 Å². The number of sulfonamides is 1. The molecule has 0 unspecified atom stereocenters. The lowest BCUT2D eigenvalue weighted by atomic mass is 9.95. The monoisotopic (exact) mass is 329 g/mol. The molecule has 122 valence electrons. The van der Waals surface area contributed by atoms with Crippen molar-refractivity contribution in [2.45, 2.75) is 23.3 Å². The Balaban J connectivity index is 1.72. The first-order chi connectivity index (χ1) is 10.5. The van der Waals surface area contributed by atoms with Crippen LogP contribution in [-0.2, 0) is 14.8 Å². The third-order valence-electron chi connectivity index (χ3n) is 3.84. The Morgan fingerprint density at radius 1 is 1.09 bits per heavy atom. The molecule has 1 saturated heterocycles. The third-order valence-corrected chi connectivity index (χ3v) is 5.24. The van der Waals surface area contributed by atoms with E-state index in [4.69, 9.17) is 14.2 Å². The Morgan fingerprint density at radius 3 is 2.50 bits per heavy atom. The van der Waals surface area contributed by atoms with Gasteiger partial charge in [-0.2, -0.15) is 0 Å². The Labute approximate surface area is 129 Å². The number of fused-ring (bicyclic) bond motifs is 1. The summed E-state index contributed by atoms with van der Waals surface area (Å²) >= 11 is 0. The lowest BCUT2D eigenvalue weighted by Crippen LogP contribution is -2.46. The Morgan fingerprint density at radius 2 is 1.77 bits per heavy atom. The van der Waals surface area contributed by atoms with Gasteiger partial charge in [0, 0.05) is 38.7 Å². The van der Waals surface area contributed by atoms with Gasteiger partial charge in [-0.15, -0.1) is 0 Å². The van der Waals surface area contributed by atoms with Crippen LogP contribution in [0.5, 0.6) is 11.5 Å². The Bertz CT molecular complexity index is 639. The second-order valence-corrected chi connectivity index (χ2v) is 7.23. The minimum absolute atomic E-state index is 0.0346. The first-order valence-electron chi connectivity index (χ1n) is 7.18. The first-order valence-corrected chi connectivity index (χ1v) is 8.66. The Kier molecular flexibility index (Phi) is 4.26. The zero-order chi connectivity index (χ0) is 15.6. The largest absolute Gasteiger partial charge is 0.486 e. The van der Waals surface area contributed by atoms with E-state index < -0.39 is 15.6 Å². The molecule has 0 saturated carbocycles. The van der Waals surface area contributed by atoms with Gasteiger partial charge < -0.3 is 19.3 Å². The number of benzene rings is 1. The van der Waals surface area contributed by atoms with Gasteiger partial charge in [0.05, 0.1) is 10.5 Å². The molecule has 1 fully saturated rings. The van der Waals surface area contributed by atoms with E-state index in [-0.39, 0.29) is 11.4 Å². The van der Waals surface area contributed by atoms with Crippen molar-refractivity contribution in [2.75, 3.05) is 33.0 Å². The zero-order valence-electron chi connectivity index (χ0n) is 12.1. The van der Waals surface area contributed by atoms with E-state index in [0.29, 0.717) is 50.8 Å². The van der Waals surface area contributed by atoms with Crippen molar-refractivity contribution in [3.63, 3.8) is 0 Å². The van der Waals surface area contributed by atoms with Gasteiger partial charge in [-0.25, -0.2) is 13.1 Å². The third kappa shape index (κ3) is 3.35. The van der Waals surface area contributed by atoms with Crippen molar-refractivity contribution >= 4 is 10.0 Å². The van der Waals surface area contributed by atoms with Crippen molar-refractivity contribution < 1.29 is 27.7 Å². The molecule has 0 aromatic heterocycles. The van der Waals surface area contributed by atoms with Gasteiger partial charge in [0.15, 0.2) is 11.5 Å². The van der Waals surface area contributed by atoms with Crippen LogP contribution in [-0.4, -0.2) is 52.1 Å². The molecule has 2 heterocycles. The lowest BCUT2D eigenvalue weighted by Gasteiger charge is -2.32. The highest BCUT2D eigenvalue weighted by Gasteiger charge is 2.31. The standard InChI is InChI=1S/C14H19NO6S/c16-14(3-5-19-6-4-14)10-15-22(17,18)11-1-2-12-13(9-11)21-8-7-20-12/h1-2,9,15-16H,3-8,10H2. The molecule has 7 nitrogen and oxygen atoms in total. The smallest absolute Gasteiger partial charge is 0.240 e. The van der Waals surface area contributed by atoms with Gasteiger partial charge in [-0.1, -0.05) is 0 Å². The predicted molar refractivity (Wildman–Crippen MR) is 77.6 cm³/mol. The van der Waals surface area contributed by atoms with Crippen LogP contribution in [0.15, 0.2) is 23.1 Å². The topological polar surface area (TPSA) is 94.1 Å². The summed E-state index contributed by atoms with van der Waals surface area (Å²) < 4.78 is 43.1. The fraction of sp³-hybridized carbons (Fsp3) is 0.571. The highest BCUT2D eigenvalue weighted by molar-refractivity contribution is 7.89. The molecule has 0 spiro atoms. The highest BCUT2D eigenvalue weighted by Crippen LogP contribution is 2.32. The molecule has 0 amide bonds. The van der Waals surface area contributed by atoms with Crippen molar-refractivity contribution in [3.8, 4) is 11.5 Å². The maximum absolute atomic E-state index is 12.4. The van der Waals surface area contributed by atoms with Crippen LogP contribution in [0.3, 0.4) is 0 Å². The summed E-state index contributed by atoms with van der Waals surface area (Å²) in [6, 6.07) is 4.47. The maximum Gasteiger partial charge on any atom is 0.240 e. The molecule has 2 aliphatic rings. The second-order valence-electron chi connectivity index (χ2n) is 5.47. The molecule has 3 rings (SSSR count). The molecular weight excluding hydrogens is 310 g/mol. The van der Waals surface area contributed by atoms with E-state index in [1.807, 2.05) is 0 Å². The molecule has 8 heteroatoms. The molecule has 1 aromatic carbocycles.